The second-order valence-corrected chi connectivity index (χ2v) is 4.87. The summed E-state index contributed by atoms with van der Waals surface area (Å²) in [6, 6.07) is 8.43. The number of halogens is 2. The number of nitro groups is 1. The number of carbonyl (C=O) groups excluding carboxylic acids is 1. The molecular formula is C13H9Cl2N3O3. The highest BCUT2D eigenvalue weighted by molar-refractivity contribution is 6.44. The van der Waals surface area contributed by atoms with E-state index in [0.29, 0.717) is 0 Å². The average molecular weight is 326 g/mol. The van der Waals surface area contributed by atoms with Gasteiger partial charge in [-0.25, -0.2) is 0 Å². The Morgan fingerprint density at radius 3 is 2.62 bits per heavy atom. The van der Waals surface area contributed by atoms with Gasteiger partial charge in [-0.05, 0) is 24.3 Å². The van der Waals surface area contributed by atoms with Crippen LogP contribution in [0.5, 0.6) is 0 Å². The van der Waals surface area contributed by atoms with Gasteiger partial charge in [-0.15, -0.1) is 0 Å². The summed E-state index contributed by atoms with van der Waals surface area (Å²) in [6.07, 6.45) is 0. The lowest BCUT2D eigenvalue weighted by atomic mass is 10.1. The van der Waals surface area contributed by atoms with Gasteiger partial charge in [0.15, 0.2) is 0 Å². The zero-order valence-electron chi connectivity index (χ0n) is 10.5. The minimum atomic E-state index is -0.696. The molecule has 0 spiro atoms. The van der Waals surface area contributed by atoms with E-state index in [1.54, 1.807) is 12.1 Å². The number of nitrogens with one attached hydrogen (secondary N) is 1. The Hall–Kier alpha value is -2.31. The van der Waals surface area contributed by atoms with Crippen LogP contribution in [0.25, 0.3) is 0 Å². The molecule has 8 heteroatoms. The molecule has 0 aliphatic rings. The molecule has 108 valence electrons. The molecule has 21 heavy (non-hydrogen) atoms. The van der Waals surface area contributed by atoms with Crippen molar-refractivity contribution < 1.29 is 9.72 Å². The van der Waals surface area contributed by atoms with Crippen LogP contribution in [-0.2, 0) is 0 Å². The molecule has 2 rings (SSSR count). The van der Waals surface area contributed by atoms with Crippen LogP contribution in [0, 0.1) is 10.1 Å². The number of hydrogen-bond acceptors (Lipinski definition) is 4. The highest BCUT2D eigenvalue weighted by Gasteiger charge is 2.21. The Labute approximate surface area is 129 Å². The van der Waals surface area contributed by atoms with Gasteiger partial charge in [-0.3, -0.25) is 14.9 Å². The topological polar surface area (TPSA) is 98.3 Å². The zero-order chi connectivity index (χ0) is 15.6. The predicted octanol–water partition coefficient (Wildman–Crippen LogP) is 3.74. The third kappa shape index (κ3) is 3.24. The minimum Gasteiger partial charge on any atom is -0.399 e. The fourth-order valence-electron chi connectivity index (χ4n) is 1.68. The number of benzene rings is 2. The van der Waals surface area contributed by atoms with Gasteiger partial charge in [0.1, 0.15) is 5.56 Å². The highest BCUT2D eigenvalue weighted by atomic mass is 35.5. The van der Waals surface area contributed by atoms with Crippen molar-refractivity contribution in [3.8, 4) is 0 Å². The van der Waals surface area contributed by atoms with Gasteiger partial charge in [0.25, 0.3) is 11.6 Å². The molecular weight excluding hydrogens is 317 g/mol. The Bertz CT molecular complexity index is 735. The van der Waals surface area contributed by atoms with Crippen LogP contribution in [-0.4, -0.2) is 10.8 Å². The van der Waals surface area contributed by atoms with E-state index in [0.717, 1.165) is 0 Å². The lowest BCUT2D eigenvalue weighted by Gasteiger charge is -2.09. The molecule has 0 atom stereocenters. The monoisotopic (exact) mass is 325 g/mol. The van der Waals surface area contributed by atoms with Crippen LogP contribution in [0.3, 0.4) is 0 Å². The van der Waals surface area contributed by atoms with E-state index in [-0.39, 0.29) is 32.7 Å². The van der Waals surface area contributed by atoms with Crippen molar-refractivity contribution in [1.29, 1.82) is 0 Å². The highest BCUT2D eigenvalue weighted by Crippen LogP contribution is 2.30. The van der Waals surface area contributed by atoms with Crippen LogP contribution in [0.2, 0.25) is 10.0 Å². The summed E-state index contributed by atoms with van der Waals surface area (Å²) in [5.41, 5.74) is 5.55. The average Bonchev–Trinajstić information content (AvgIpc) is 2.43. The van der Waals surface area contributed by atoms with Gasteiger partial charge >= 0.3 is 0 Å². The summed E-state index contributed by atoms with van der Waals surface area (Å²) in [6.45, 7) is 0. The molecule has 0 radical (unpaired) electrons. The summed E-state index contributed by atoms with van der Waals surface area (Å²) >= 11 is 11.8. The molecule has 0 unspecified atom stereocenters. The van der Waals surface area contributed by atoms with Crippen LogP contribution in [0.4, 0.5) is 17.1 Å². The third-order valence-electron chi connectivity index (χ3n) is 2.66. The van der Waals surface area contributed by atoms with Crippen LogP contribution < -0.4 is 11.1 Å². The number of nitrogen functional groups attached to an aromatic ring is 1. The number of rotatable bonds is 3. The first-order valence-electron chi connectivity index (χ1n) is 5.69. The summed E-state index contributed by atoms with van der Waals surface area (Å²) in [5, 5.41) is 13.8. The number of nitrogens with zero attached hydrogens (tertiary/aromatic N) is 1. The lowest BCUT2D eigenvalue weighted by Crippen LogP contribution is -2.14. The van der Waals surface area contributed by atoms with Crippen molar-refractivity contribution in [3.63, 3.8) is 0 Å². The number of nitrogens with two attached hydrogens (primary N) is 1. The quantitative estimate of drug-likeness (QED) is 0.510. The molecule has 6 nitrogen and oxygen atoms in total. The molecule has 0 aromatic heterocycles. The van der Waals surface area contributed by atoms with Crippen molar-refractivity contribution >= 4 is 46.2 Å². The number of anilines is 2. The smallest absolute Gasteiger partial charge is 0.282 e. The van der Waals surface area contributed by atoms with Gasteiger partial charge in [-0.2, -0.15) is 0 Å². The molecule has 2 aromatic rings. The van der Waals surface area contributed by atoms with Crippen molar-refractivity contribution in [2.75, 3.05) is 11.1 Å². The minimum absolute atomic E-state index is 0.152. The molecule has 2 aromatic carbocycles. The Balaban J connectivity index is 2.39. The van der Waals surface area contributed by atoms with Crippen LogP contribution >= 0.6 is 23.2 Å². The molecule has 3 N–H and O–H groups in total. The van der Waals surface area contributed by atoms with Crippen molar-refractivity contribution in [3.05, 3.63) is 62.1 Å². The van der Waals surface area contributed by atoms with Crippen molar-refractivity contribution in [2.45, 2.75) is 0 Å². The number of hydrogen-bond donors (Lipinski definition) is 2. The SMILES string of the molecule is Nc1ccc([N+](=O)[O-])c(C(=O)Nc2cccc(Cl)c2Cl)c1. The Kier molecular flexibility index (Phi) is 4.30. The van der Waals surface area contributed by atoms with Crippen LogP contribution in [0.1, 0.15) is 10.4 Å². The van der Waals surface area contributed by atoms with Gasteiger partial charge in [0.05, 0.1) is 20.7 Å². The molecule has 0 fully saturated rings. The second-order valence-electron chi connectivity index (χ2n) is 4.09. The first-order chi connectivity index (χ1) is 9.90. The summed E-state index contributed by atoms with van der Waals surface area (Å²) in [4.78, 5) is 22.5. The van der Waals surface area contributed by atoms with Gasteiger partial charge in [-0.1, -0.05) is 29.3 Å². The molecule has 0 aliphatic carbocycles. The zero-order valence-corrected chi connectivity index (χ0v) is 12.0. The Morgan fingerprint density at radius 1 is 1.24 bits per heavy atom. The second kappa shape index (κ2) is 5.99. The molecule has 0 saturated carbocycles. The van der Waals surface area contributed by atoms with E-state index in [2.05, 4.69) is 5.32 Å². The van der Waals surface area contributed by atoms with E-state index in [4.69, 9.17) is 28.9 Å². The van der Waals surface area contributed by atoms with E-state index < -0.39 is 10.8 Å². The molecule has 0 bridgehead atoms. The fraction of sp³-hybridized carbons (Fsp3) is 0. The molecule has 1 amide bonds. The molecule has 0 saturated heterocycles. The maximum absolute atomic E-state index is 12.2. The largest absolute Gasteiger partial charge is 0.399 e. The molecule has 0 heterocycles. The Morgan fingerprint density at radius 2 is 1.95 bits per heavy atom. The van der Waals surface area contributed by atoms with E-state index in [1.807, 2.05) is 0 Å². The maximum Gasteiger partial charge on any atom is 0.282 e. The van der Waals surface area contributed by atoms with E-state index >= 15 is 0 Å². The molecule has 0 aliphatic heterocycles. The van der Waals surface area contributed by atoms with Crippen molar-refractivity contribution in [2.24, 2.45) is 0 Å². The number of nitro benzene ring substituents is 1. The third-order valence-corrected chi connectivity index (χ3v) is 3.48. The van der Waals surface area contributed by atoms with E-state index in [1.165, 1.54) is 24.3 Å². The summed E-state index contributed by atoms with van der Waals surface area (Å²) in [7, 11) is 0. The normalized spacial score (nSPS) is 10.2. The predicted molar refractivity (Wildman–Crippen MR) is 81.9 cm³/mol. The van der Waals surface area contributed by atoms with Gasteiger partial charge in [0.2, 0.25) is 0 Å². The van der Waals surface area contributed by atoms with Crippen LogP contribution in [0.15, 0.2) is 36.4 Å². The standard InChI is InChI=1S/C13H9Cl2N3O3/c14-9-2-1-3-10(12(9)15)17-13(19)8-6-7(16)4-5-11(8)18(20)21/h1-6H,16H2,(H,17,19). The first kappa shape index (κ1) is 15.1. The number of carbonyl (C=O) groups is 1. The van der Waals surface area contributed by atoms with Gasteiger partial charge in [0, 0.05) is 11.8 Å². The summed E-state index contributed by atoms with van der Waals surface area (Å²) in [5.74, 6) is -0.696. The van der Waals surface area contributed by atoms with Gasteiger partial charge < -0.3 is 11.1 Å². The fourth-order valence-corrected chi connectivity index (χ4v) is 2.03. The summed E-state index contributed by atoms with van der Waals surface area (Å²) < 4.78 is 0. The van der Waals surface area contributed by atoms with E-state index in [9.17, 15) is 14.9 Å². The maximum atomic E-state index is 12.2. The lowest BCUT2D eigenvalue weighted by molar-refractivity contribution is -0.385. The van der Waals surface area contributed by atoms with Crippen molar-refractivity contribution in [1.82, 2.24) is 0 Å². The first-order valence-corrected chi connectivity index (χ1v) is 6.45. The number of amides is 1.